The first-order valence-corrected chi connectivity index (χ1v) is 31.6. The zero-order chi connectivity index (χ0) is 50.1. The Morgan fingerprint density at radius 3 is 1.45 bits per heavy atom. The predicted molar refractivity (Wildman–Crippen MR) is 322 cm³/mol. The van der Waals surface area contributed by atoms with Crippen LogP contribution in [0, 0.1) is 47.3 Å². The Kier molecular flexibility index (Phi) is 9.21. The molecule has 2 nitrogen and oxygen atoms in total. The quantitative estimate of drug-likeness (QED) is 0.111. The number of hydrogen-bond donors (Lipinski definition) is 0. The summed E-state index contributed by atoms with van der Waals surface area (Å²) in [5, 5.41) is 11.2. The van der Waals surface area contributed by atoms with Crippen LogP contribution in [0.15, 0.2) is 212 Å². The van der Waals surface area contributed by atoms with Crippen molar-refractivity contribution in [1.29, 1.82) is 0 Å². The van der Waals surface area contributed by atoms with Crippen molar-refractivity contribution >= 4 is 72.4 Å². The molecule has 8 fully saturated rings. The van der Waals surface area contributed by atoms with Crippen molar-refractivity contribution in [2.45, 2.75) is 75.5 Å². The molecule has 77 heavy (non-hydrogen) atoms. The van der Waals surface area contributed by atoms with Gasteiger partial charge in [0.05, 0.1) is 33.4 Å². The minimum Gasteiger partial charge on any atom is -0.309 e. The van der Waals surface area contributed by atoms with Crippen molar-refractivity contribution in [2.75, 3.05) is 0 Å². The molecule has 0 radical (unpaired) electrons. The molecule has 3 heteroatoms. The fraction of sp³-hybridized carbons (Fsp3) is 0.270. The van der Waals surface area contributed by atoms with Crippen LogP contribution >= 0.6 is 0 Å². The Morgan fingerprint density at radius 1 is 0.338 bits per heavy atom. The molecule has 11 aromatic rings. The largest absolute Gasteiger partial charge is 0.309 e. The number of benzene rings is 9. The third kappa shape index (κ3) is 5.92. The molecule has 0 N–H and O–H groups in total. The molecule has 8 bridgehead atoms. The third-order valence-electron chi connectivity index (χ3n) is 22.2. The summed E-state index contributed by atoms with van der Waals surface area (Å²) in [6.45, 7) is 0. The Morgan fingerprint density at radius 2 is 0.831 bits per heavy atom. The standard InChI is InChI=1S/C74H64N2Si/c1-3-16-56(17-4-1)77(57-18-5-2-6-19-57,59-30-32-65-71(45-59)76-69-28-12-9-23-62(69)63-24-14-25-66(73(63)76)74(65)54-39-48-34-49(41-54)42-55(74)40-48)58-20-13-15-50(43-58)51-29-31-64(72-52-35-46-33-47(37-52)38-53(72)36-46)70(44-51)75-67-26-10-7-21-60(67)61-22-8-11-27-68(61)75/h1-32,43-49,52-55,72H,33-42H2. The molecule has 9 aliphatic rings. The summed E-state index contributed by atoms with van der Waals surface area (Å²) in [4.78, 5) is 0. The monoisotopic (exact) mass is 1010 g/mol. The van der Waals surface area contributed by atoms with Crippen molar-refractivity contribution in [3.05, 3.63) is 229 Å². The molecule has 9 aromatic carbocycles. The van der Waals surface area contributed by atoms with E-state index in [2.05, 4.69) is 221 Å². The van der Waals surface area contributed by atoms with Crippen LogP contribution in [0.4, 0.5) is 0 Å². The van der Waals surface area contributed by atoms with Crippen LogP contribution in [0.25, 0.3) is 66.1 Å². The second-order valence-electron chi connectivity index (χ2n) is 25.6. The van der Waals surface area contributed by atoms with Crippen LogP contribution < -0.4 is 20.7 Å². The van der Waals surface area contributed by atoms with E-state index in [1.807, 2.05) is 0 Å². The Bertz CT molecular complexity index is 4060. The minimum atomic E-state index is -3.05. The molecule has 20 rings (SSSR count). The van der Waals surface area contributed by atoms with Gasteiger partial charge in [0.15, 0.2) is 8.07 Å². The van der Waals surface area contributed by atoms with Crippen molar-refractivity contribution < 1.29 is 0 Å². The van der Waals surface area contributed by atoms with Gasteiger partial charge in [-0.05, 0) is 196 Å². The number of hydrogen-bond acceptors (Lipinski definition) is 0. The second kappa shape index (κ2) is 16.2. The highest BCUT2D eigenvalue weighted by molar-refractivity contribution is 7.20. The van der Waals surface area contributed by atoms with E-state index in [0.29, 0.717) is 17.8 Å². The first-order chi connectivity index (χ1) is 38.1. The molecule has 374 valence electrons. The van der Waals surface area contributed by atoms with Gasteiger partial charge in [-0.15, -0.1) is 0 Å². The smallest absolute Gasteiger partial charge is 0.179 e. The SMILES string of the molecule is c1ccc([Si](c2ccccc2)(c2cccc(-c3ccc(C4C5CC6CC(C5)CC4C6)c(-n4c5ccccc5c5ccccc54)c3)c2)c2ccc3c(c2)-n2c4ccccc4c4cccc(c42)C32C3CC4CC(C3)CC2C4)cc1. The van der Waals surface area contributed by atoms with Crippen LogP contribution in [0.5, 0.6) is 0 Å². The van der Waals surface area contributed by atoms with Gasteiger partial charge in [0.1, 0.15) is 0 Å². The summed E-state index contributed by atoms with van der Waals surface area (Å²) in [5.41, 5.74) is 15.6. The summed E-state index contributed by atoms with van der Waals surface area (Å²) in [6, 6.07) is 84.3. The number of para-hydroxylation sites is 4. The lowest BCUT2D eigenvalue weighted by molar-refractivity contribution is -0.0418. The second-order valence-corrected chi connectivity index (χ2v) is 29.4. The topological polar surface area (TPSA) is 9.86 Å². The van der Waals surface area contributed by atoms with Crippen LogP contribution in [0.3, 0.4) is 0 Å². The number of nitrogens with zero attached hydrogens (tertiary/aromatic N) is 2. The van der Waals surface area contributed by atoms with E-state index in [1.165, 1.54) is 151 Å². The van der Waals surface area contributed by atoms with E-state index in [0.717, 1.165) is 35.5 Å². The van der Waals surface area contributed by atoms with Crippen LogP contribution in [0.1, 0.15) is 86.8 Å². The molecule has 1 aliphatic heterocycles. The predicted octanol–water partition coefficient (Wildman–Crippen LogP) is 15.5. The van der Waals surface area contributed by atoms with Gasteiger partial charge >= 0.3 is 0 Å². The van der Waals surface area contributed by atoms with Crippen molar-refractivity contribution in [3.63, 3.8) is 0 Å². The Hall–Kier alpha value is -7.20. The summed E-state index contributed by atoms with van der Waals surface area (Å²) < 4.78 is 5.40. The molecular formula is C74H64N2Si. The summed E-state index contributed by atoms with van der Waals surface area (Å²) in [5.74, 6) is 7.12. The van der Waals surface area contributed by atoms with Gasteiger partial charge in [0.2, 0.25) is 0 Å². The molecule has 0 unspecified atom stereocenters. The summed E-state index contributed by atoms with van der Waals surface area (Å²) in [6.07, 6.45) is 14.0. The lowest BCUT2D eigenvalue weighted by Gasteiger charge is -2.63. The maximum Gasteiger partial charge on any atom is 0.179 e. The van der Waals surface area contributed by atoms with Gasteiger partial charge in [0, 0.05) is 27.0 Å². The van der Waals surface area contributed by atoms with E-state index in [4.69, 9.17) is 0 Å². The maximum atomic E-state index is 2.75. The van der Waals surface area contributed by atoms with Crippen molar-refractivity contribution in [2.24, 2.45) is 47.3 Å². The van der Waals surface area contributed by atoms with Gasteiger partial charge in [-0.1, -0.05) is 182 Å². The number of aromatic nitrogens is 2. The normalized spacial score (nSPS) is 27.4. The highest BCUT2D eigenvalue weighted by Gasteiger charge is 2.61. The third-order valence-corrected chi connectivity index (χ3v) is 26.9. The van der Waals surface area contributed by atoms with Gasteiger partial charge in [-0.3, -0.25) is 0 Å². The fourth-order valence-electron chi connectivity index (χ4n) is 20.0. The molecule has 3 heterocycles. The number of rotatable bonds is 7. The average molecular weight is 1010 g/mol. The van der Waals surface area contributed by atoms with Crippen molar-refractivity contribution in [3.8, 4) is 22.5 Å². The van der Waals surface area contributed by atoms with Crippen LogP contribution in [0.2, 0.25) is 0 Å². The van der Waals surface area contributed by atoms with Gasteiger partial charge in [-0.25, -0.2) is 0 Å². The Labute approximate surface area is 453 Å². The molecule has 1 spiro atoms. The molecule has 0 saturated heterocycles. The highest BCUT2D eigenvalue weighted by atomic mass is 28.3. The maximum absolute atomic E-state index is 3.05. The number of fused-ring (bicyclic) bond motifs is 8. The van der Waals surface area contributed by atoms with E-state index >= 15 is 0 Å². The van der Waals surface area contributed by atoms with Crippen LogP contribution in [-0.2, 0) is 5.41 Å². The molecule has 8 aliphatic carbocycles. The minimum absolute atomic E-state index is 0.0195. The van der Waals surface area contributed by atoms with E-state index in [1.54, 1.807) is 16.7 Å². The zero-order valence-corrected chi connectivity index (χ0v) is 44.9. The summed E-state index contributed by atoms with van der Waals surface area (Å²) in [7, 11) is -3.05. The van der Waals surface area contributed by atoms with E-state index < -0.39 is 8.07 Å². The van der Waals surface area contributed by atoms with Crippen molar-refractivity contribution in [1.82, 2.24) is 9.13 Å². The first kappa shape index (κ1) is 43.8. The van der Waals surface area contributed by atoms with E-state index in [9.17, 15) is 0 Å². The highest BCUT2D eigenvalue weighted by Crippen LogP contribution is 2.68. The molecule has 8 saturated carbocycles. The van der Waals surface area contributed by atoms with Gasteiger partial charge < -0.3 is 9.13 Å². The average Bonchev–Trinajstić information content (AvgIpc) is 4.25. The van der Waals surface area contributed by atoms with Gasteiger partial charge in [-0.2, -0.15) is 0 Å². The molecule has 2 aromatic heterocycles. The van der Waals surface area contributed by atoms with E-state index in [-0.39, 0.29) is 5.41 Å². The molecule has 0 amide bonds. The fourth-order valence-corrected chi connectivity index (χ4v) is 24.8. The Balaban J connectivity index is 0.881. The van der Waals surface area contributed by atoms with Crippen LogP contribution in [-0.4, -0.2) is 17.2 Å². The molecular weight excluding hydrogens is 945 g/mol. The zero-order valence-electron chi connectivity index (χ0n) is 43.9. The first-order valence-electron chi connectivity index (χ1n) is 29.6. The van der Waals surface area contributed by atoms with Gasteiger partial charge in [0.25, 0.3) is 0 Å². The lowest BCUT2D eigenvalue weighted by Crippen LogP contribution is -2.74. The summed E-state index contributed by atoms with van der Waals surface area (Å²) >= 11 is 0. The molecule has 0 atom stereocenters. The lowest BCUT2D eigenvalue weighted by atomic mass is 9.41.